The Bertz CT molecular complexity index is 698. The van der Waals surface area contributed by atoms with Crippen molar-refractivity contribution < 1.29 is 9.66 Å². The molecule has 4 rings (SSSR count). The second kappa shape index (κ2) is 8.59. The maximum Gasteiger partial charge on any atom is 0.292 e. The lowest BCUT2D eigenvalue weighted by atomic mass is 9.82. The van der Waals surface area contributed by atoms with Gasteiger partial charge in [0.2, 0.25) is 0 Å². The van der Waals surface area contributed by atoms with Gasteiger partial charge in [-0.15, -0.1) is 24.0 Å². The lowest BCUT2D eigenvalue weighted by Crippen LogP contribution is -2.42. The van der Waals surface area contributed by atoms with Gasteiger partial charge in [-0.25, -0.2) is 0 Å². The maximum absolute atomic E-state index is 11.1. The number of benzene rings is 1. The van der Waals surface area contributed by atoms with Crippen LogP contribution in [0.1, 0.15) is 12.8 Å². The van der Waals surface area contributed by atoms with Crippen LogP contribution in [0.2, 0.25) is 0 Å². The summed E-state index contributed by atoms with van der Waals surface area (Å²) in [6, 6.07) is 6.70. The molecule has 0 spiro atoms. The van der Waals surface area contributed by atoms with E-state index in [4.69, 9.17) is 4.74 Å². The maximum atomic E-state index is 11.1. The van der Waals surface area contributed by atoms with E-state index in [1.165, 1.54) is 18.9 Å². The molecule has 3 fully saturated rings. The van der Waals surface area contributed by atoms with Crippen molar-refractivity contribution in [2.45, 2.75) is 25.0 Å². The third-order valence-corrected chi connectivity index (χ3v) is 5.79. The minimum Gasteiger partial charge on any atom is -0.378 e. The molecule has 3 saturated heterocycles. The van der Waals surface area contributed by atoms with E-state index in [1.54, 1.807) is 25.2 Å². The number of hydrogen-bond donors (Lipinski definition) is 2. The molecule has 0 aromatic heterocycles. The number of halogens is 1. The van der Waals surface area contributed by atoms with Gasteiger partial charge in [0.05, 0.1) is 17.1 Å². The summed E-state index contributed by atoms with van der Waals surface area (Å²) >= 11 is 0. The van der Waals surface area contributed by atoms with Crippen molar-refractivity contribution in [3.63, 3.8) is 0 Å². The normalized spacial score (nSPS) is 28.6. The van der Waals surface area contributed by atoms with Crippen molar-refractivity contribution in [1.82, 2.24) is 10.2 Å². The van der Waals surface area contributed by atoms with Gasteiger partial charge >= 0.3 is 0 Å². The average molecular weight is 487 g/mol. The molecular formula is C18H26IN5O3. The number of guanidine groups is 1. The van der Waals surface area contributed by atoms with Crippen LogP contribution in [0, 0.1) is 22.0 Å². The quantitative estimate of drug-likeness (QED) is 0.166. The van der Waals surface area contributed by atoms with E-state index in [-0.39, 0.29) is 34.6 Å². The number of aliphatic imine (C=N–C) groups is 1. The number of nitro benzene ring substituents is 1. The number of nitro groups is 1. The Balaban J connectivity index is 0.00000210. The smallest absolute Gasteiger partial charge is 0.292 e. The first kappa shape index (κ1) is 20.1. The summed E-state index contributed by atoms with van der Waals surface area (Å²) in [4.78, 5) is 17.4. The number of nitrogens with zero attached hydrogens (tertiary/aromatic N) is 3. The number of nitrogens with one attached hydrogen (secondary N) is 2. The molecule has 1 aromatic carbocycles. The van der Waals surface area contributed by atoms with Crippen LogP contribution in [0.3, 0.4) is 0 Å². The standard InChI is InChI=1S/C18H25N5O3.HI/c1-19-18(22-10-12-13(11-22)17-7-6-16(12)26-17)21-9-8-20-14-4-2-3-5-15(14)23(24)25;/h2-5,12-13,16-17,20H,6-11H2,1H3,(H,19,21);1H. The lowest BCUT2D eigenvalue weighted by molar-refractivity contribution is -0.384. The van der Waals surface area contributed by atoms with Crippen molar-refractivity contribution in [2.24, 2.45) is 16.8 Å². The predicted molar refractivity (Wildman–Crippen MR) is 115 cm³/mol. The second-order valence-corrected chi connectivity index (χ2v) is 7.20. The molecule has 0 amide bonds. The summed E-state index contributed by atoms with van der Waals surface area (Å²) in [7, 11) is 1.80. The Morgan fingerprint density at radius 1 is 1.26 bits per heavy atom. The molecule has 9 heteroatoms. The number of para-hydroxylation sites is 2. The van der Waals surface area contributed by atoms with Gasteiger partial charge in [-0.1, -0.05) is 12.1 Å². The van der Waals surface area contributed by atoms with E-state index in [0.717, 1.165) is 19.0 Å². The van der Waals surface area contributed by atoms with Crippen molar-refractivity contribution in [3.8, 4) is 0 Å². The zero-order valence-corrected chi connectivity index (χ0v) is 17.7. The zero-order valence-electron chi connectivity index (χ0n) is 15.3. The molecular weight excluding hydrogens is 461 g/mol. The van der Waals surface area contributed by atoms with Crippen LogP contribution in [0.4, 0.5) is 11.4 Å². The minimum atomic E-state index is -0.367. The number of fused-ring (bicyclic) bond motifs is 5. The molecule has 2 bridgehead atoms. The topological polar surface area (TPSA) is 92.0 Å². The number of rotatable bonds is 5. The van der Waals surface area contributed by atoms with E-state index in [9.17, 15) is 10.1 Å². The van der Waals surface area contributed by atoms with Crippen LogP contribution in [0.15, 0.2) is 29.3 Å². The molecule has 2 N–H and O–H groups in total. The summed E-state index contributed by atoms with van der Waals surface area (Å²) in [5.74, 6) is 2.18. The highest BCUT2D eigenvalue weighted by molar-refractivity contribution is 14.0. The Labute approximate surface area is 175 Å². The van der Waals surface area contributed by atoms with Gasteiger partial charge in [0.1, 0.15) is 5.69 Å². The fourth-order valence-corrected chi connectivity index (χ4v) is 4.62. The number of hydrogen-bond acceptors (Lipinski definition) is 5. The summed E-state index contributed by atoms with van der Waals surface area (Å²) in [6.45, 7) is 3.24. The van der Waals surface area contributed by atoms with Gasteiger partial charge in [0, 0.05) is 51.1 Å². The Morgan fingerprint density at radius 3 is 2.56 bits per heavy atom. The molecule has 148 valence electrons. The first-order valence-corrected chi connectivity index (χ1v) is 9.25. The van der Waals surface area contributed by atoms with Crippen molar-refractivity contribution in [1.29, 1.82) is 0 Å². The van der Waals surface area contributed by atoms with Gasteiger partial charge in [-0.3, -0.25) is 15.1 Å². The Kier molecular flexibility index (Phi) is 6.40. The van der Waals surface area contributed by atoms with Crippen molar-refractivity contribution in [3.05, 3.63) is 34.4 Å². The molecule has 3 heterocycles. The molecule has 3 aliphatic heterocycles. The third kappa shape index (κ3) is 3.98. The molecule has 0 saturated carbocycles. The molecule has 4 atom stereocenters. The van der Waals surface area contributed by atoms with E-state index in [2.05, 4.69) is 20.5 Å². The summed E-state index contributed by atoms with van der Waals surface area (Å²) in [5.41, 5.74) is 0.637. The molecule has 0 radical (unpaired) electrons. The number of likely N-dealkylation sites (tertiary alicyclic amines) is 1. The Morgan fingerprint density at radius 2 is 1.93 bits per heavy atom. The monoisotopic (exact) mass is 487 g/mol. The second-order valence-electron chi connectivity index (χ2n) is 7.20. The molecule has 27 heavy (non-hydrogen) atoms. The Hall–Kier alpha value is -1.62. The fourth-order valence-electron chi connectivity index (χ4n) is 4.62. The molecule has 1 aromatic rings. The highest BCUT2D eigenvalue weighted by Crippen LogP contribution is 2.47. The van der Waals surface area contributed by atoms with Gasteiger partial charge in [-0.05, 0) is 18.9 Å². The minimum absolute atomic E-state index is 0. The van der Waals surface area contributed by atoms with E-state index < -0.39 is 0 Å². The van der Waals surface area contributed by atoms with Crippen LogP contribution in [0.5, 0.6) is 0 Å². The van der Waals surface area contributed by atoms with Gasteiger partial charge in [0.25, 0.3) is 5.69 Å². The largest absolute Gasteiger partial charge is 0.378 e. The first-order chi connectivity index (χ1) is 12.7. The van der Waals surface area contributed by atoms with Crippen LogP contribution < -0.4 is 10.6 Å². The van der Waals surface area contributed by atoms with Crippen LogP contribution in [-0.2, 0) is 4.74 Å². The van der Waals surface area contributed by atoms with Crippen molar-refractivity contribution in [2.75, 3.05) is 38.5 Å². The highest BCUT2D eigenvalue weighted by atomic mass is 127. The van der Waals surface area contributed by atoms with Gasteiger partial charge < -0.3 is 20.3 Å². The molecule has 3 aliphatic rings. The van der Waals surface area contributed by atoms with E-state index in [0.29, 0.717) is 42.8 Å². The SMILES string of the molecule is CN=C(NCCNc1ccccc1[N+](=O)[O-])N1CC2C3CCC(O3)C2C1.I. The zero-order chi connectivity index (χ0) is 18.1. The van der Waals surface area contributed by atoms with E-state index in [1.807, 2.05) is 0 Å². The molecule has 4 unspecified atom stereocenters. The third-order valence-electron chi connectivity index (χ3n) is 5.79. The van der Waals surface area contributed by atoms with Crippen LogP contribution >= 0.6 is 24.0 Å². The molecule has 0 aliphatic carbocycles. The highest BCUT2D eigenvalue weighted by Gasteiger charge is 2.53. The van der Waals surface area contributed by atoms with Gasteiger partial charge in [-0.2, -0.15) is 0 Å². The average Bonchev–Trinajstić information content (AvgIpc) is 3.35. The van der Waals surface area contributed by atoms with Crippen LogP contribution in [-0.4, -0.2) is 61.2 Å². The fraction of sp³-hybridized carbons (Fsp3) is 0.611. The van der Waals surface area contributed by atoms with Gasteiger partial charge in [0.15, 0.2) is 5.96 Å². The predicted octanol–water partition coefficient (Wildman–Crippen LogP) is 2.31. The number of ether oxygens (including phenoxy) is 1. The molecule has 8 nitrogen and oxygen atoms in total. The summed E-state index contributed by atoms with van der Waals surface area (Å²) in [5, 5.41) is 17.6. The lowest BCUT2D eigenvalue weighted by Gasteiger charge is -2.23. The summed E-state index contributed by atoms with van der Waals surface area (Å²) in [6.07, 6.45) is 3.28. The van der Waals surface area contributed by atoms with Crippen LogP contribution in [0.25, 0.3) is 0 Å². The number of anilines is 1. The first-order valence-electron chi connectivity index (χ1n) is 9.25. The summed E-state index contributed by atoms with van der Waals surface area (Å²) < 4.78 is 6.03. The van der Waals surface area contributed by atoms with E-state index >= 15 is 0 Å². The van der Waals surface area contributed by atoms with Crippen molar-refractivity contribution >= 4 is 41.3 Å².